The smallest absolute Gasteiger partial charge is 0.328 e. The van der Waals surface area contributed by atoms with Gasteiger partial charge in [-0.2, -0.15) is 0 Å². The van der Waals surface area contributed by atoms with Crippen LogP contribution in [0.15, 0.2) is 0 Å². The monoisotopic (exact) mass is 234 g/mol. The molecule has 7 nitrogen and oxygen atoms in total. The van der Waals surface area contributed by atoms with E-state index >= 15 is 0 Å². The lowest BCUT2D eigenvalue weighted by atomic mass is 10.3. The fourth-order valence-electron chi connectivity index (χ4n) is 0.968. The molecule has 2 amide bonds. The number of aliphatic carboxylic acids is 1. The van der Waals surface area contributed by atoms with Crippen molar-refractivity contribution in [3.8, 4) is 0 Å². The highest BCUT2D eigenvalue weighted by molar-refractivity contribution is 5.82. The minimum absolute atomic E-state index is 0.437. The summed E-state index contributed by atoms with van der Waals surface area (Å²) < 4.78 is 4.82. The summed E-state index contributed by atoms with van der Waals surface area (Å²) in [4.78, 5) is 21.6. The molecule has 0 saturated heterocycles. The van der Waals surface area contributed by atoms with Crippen LogP contribution >= 0.6 is 0 Å². The van der Waals surface area contributed by atoms with Crippen LogP contribution in [-0.2, 0) is 9.53 Å². The lowest BCUT2D eigenvalue weighted by molar-refractivity contribution is -0.140. The predicted octanol–water partition coefficient (Wildman–Crippen LogP) is -0.842. The van der Waals surface area contributed by atoms with Gasteiger partial charge in [0.2, 0.25) is 0 Å². The summed E-state index contributed by atoms with van der Waals surface area (Å²) in [6.07, 6.45) is 1.57. The summed E-state index contributed by atoms with van der Waals surface area (Å²) >= 11 is 0. The van der Waals surface area contributed by atoms with Crippen molar-refractivity contribution in [3.05, 3.63) is 0 Å². The van der Waals surface area contributed by atoms with Gasteiger partial charge in [0.05, 0.1) is 6.61 Å². The maximum Gasteiger partial charge on any atom is 0.328 e. The second-order valence-corrected chi connectivity index (χ2v) is 3.17. The third kappa shape index (κ3) is 7.02. The Balaban J connectivity index is 3.61. The molecule has 0 rings (SSSR count). The highest BCUT2D eigenvalue weighted by Crippen LogP contribution is 1.87. The third-order valence-corrected chi connectivity index (χ3v) is 1.85. The largest absolute Gasteiger partial charge is 0.480 e. The lowest BCUT2D eigenvalue weighted by Gasteiger charge is -2.12. The fraction of sp³-hybridized carbons (Fsp3) is 0.778. The number of ether oxygens (including phenoxy) is 1. The number of carbonyl (C=O) groups excluding carboxylic acids is 1. The van der Waals surface area contributed by atoms with Gasteiger partial charge < -0.3 is 25.6 Å². The van der Waals surface area contributed by atoms with Crippen LogP contribution in [0.5, 0.6) is 0 Å². The molecule has 0 aliphatic carbocycles. The molecule has 0 aromatic rings. The van der Waals surface area contributed by atoms with E-state index < -0.39 is 24.6 Å². The van der Waals surface area contributed by atoms with E-state index in [9.17, 15) is 9.59 Å². The zero-order chi connectivity index (χ0) is 12.4. The standard InChI is InChI=1S/C9H18N2O5/c1-16-5-3-2-4-10-9(15)11-7(6-12)8(13)14/h7,12H,2-6H2,1H3,(H,13,14)(H2,10,11,15). The van der Waals surface area contributed by atoms with Gasteiger partial charge in [-0.15, -0.1) is 0 Å². The van der Waals surface area contributed by atoms with Crippen molar-refractivity contribution in [1.82, 2.24) is 10.6 Å². The number of rotatable bonds is 8. The molecule has 1 atom stereocenters. The number of unbranched alkanes of at least 4 members (excludes halogenated alkanes) is 1. The van der Waals surface area contributed by atoms with E-state index in [2.05, 4.69) is 10.6 Å². The number of hydrogen-bond donors (Lipinski definition) is 4. The SMILES string of the molecule is COCCCCNC(=O)NC(CO)C(=O)O. The molecule has 0 fully saturated rings. The normalized spacial score (nSPS) is 11.9. The predicted molar refractivity (Wildman–Crippen MR) is 56.2 cm³/mol. The van der Waals surface area contributed by atoms with Crippen LogP contribution < -0.4 is 10.6 Å². The first kappa shape index (κ1) is 14.7. The van der Waals surface area contributed by atoms with Gasteiger partial charge in [-0.25, -0.2) is 9.59 Å². The summed E-state index contributed by atoms with van der Waals surface area (Å²) in [6.45, 7) is 0.428. The Bertz CT molecular complexity index is 222. The number of carboxylic acid groups (broad SMARTS) is 1. The molecule has 16 heavy (non-hydrogen) atoms. The van der Waals surface area contributed by atoms with Gasteiger partial charge in [0, 0.05) is 20.3 Å². The van der Waals surface area contributed by atoms with E-state index in [0.717, 1.165) is 12.8 Å². The zero-order valence-electron chi connectivity index (χ0n) is 9.23. The Morgan fingerprint density at radius 1 is 1.38 bits per heavy atom. The average molecular weight is 234 g/mol. The first-order valence-electron chi connectivity index (χ1n) is 4.98. The first-order chi connectivity index (χ1) is 7.61. The van der Waals surface area contributed by atoms with Crippen LogP contribution in [0.2, 0.25) is 0 Å². The molecule has 4 N–H and O–H groups in total. The molecule has 0 radical (unpaired) electrons. The second kappa shape index (κ2) is 8.93. The van der Waals surface area contributed by atoms with Gasteiger partial charge in [0.25, 0.3) is 0 Å². The molecule has 0 aliphatic heterocycles. The second-order valence-electron chi connectivity index (χ2n) is 3.17. The van der Waals surface area contributed by atoms with Crippen LogP contribution in [0.25, 0.3) is 0 Å². The Morgan fingerprint density at radius 2 is 2.06 bits per heavy atom. The topological polar surface area (TPSA) is 108 Å². The molecule has 0 heterocycles. The Hall–Kier alpha value is -1.34. The highest BCUT2D eigenvalue weighted by atomic mass is 16.5. The Morgan fingerprint density at radius 3 is 2.56 bits per heavy atom. The molecule has 0 aromatic carbocycles. The number of carboxylic acids is 1. The number of aliphatic hydroxyl groups excluding tert-OH is 1. The summed E-state index contributed by atoms with van der Waals surface area (Å²) in [5, 5.41) is 21.8. The summed E-state index contributed by atoms with van der Waals surface area (Å²) in [6, 6.07) is -1.86. The number of aliphatic hydroxyl groups is 1. The fourth-order valence-corrected chi connectivity index (χ4v) is 0.968. The average Bonchev–Trinajstić information content (AvgIpc) is 2.25. The van der Waals surface area contributed by atoms with Gasteiger partial charge in [-0.3, -0.25) is 0 Å². The van der Waals surface area contributed by atoms with E-state index in [1.807, 2.05) is 0 Å². The number of amides is 2. The quantitative estimate of drug-likeness (QED) is 0.409. The third-order valence-electron chi connectivity index (χ3n) is 1.85. The molecule has 0 spiro atoms. The van der Waals surface area contributed by atoms with Gasteiger partial charge >= 0.3 is 12.0 Å². The van der Waals surface area contributed by atoms with Crippen molar-refractivity contribution in [2.24, 2.45) is 0 Å². The van der Waals surface area contributed by atoms with Gasteiger partial charge in [0.1, 0.15) is 0 Å². The molecule has 0 aliphatic rings. The minimum atomic E-state index is -1.27. The number of methoxy groups -OCH3 is 1. The van der Waals surface area contributed by atoms with Crippen LogP contribution in [0.1, 0.15) is 12.8 Å². The lowest BCUT2D eigenvalue weighted by Crippen LogP contribution is -2.48. The summed E-state index contributed by atoms with van der Waals surface area (Å²) in [7, 11) is 1.60. The van der Waals surface area contributed by atoms with E-state index in [0.29, 0.717) is 13.2 Å². The maximum absolute atomic E-state index is 11.1. The van der Waals surface area contributed by atoms with E-state index in [4.69, 9.17) is 14.9 Å². The molecule has 1 unspecified atom stereocenters. The zero-order valence-corrected chi connectivity index (χ0v) is 9.23. The van der Waals surface area contributed by atoms with Crippen LogP contribution in [0, 0.1) is 0 Å². The number of urea groups is 1. The molecule has 94 valence electrons. The van der Waals surface area contributed by atoms with Gasteiger partial charge in [-0.05, 0) is 12.8 Å². The molecule has 0 bridgehead atoms. The maximum atomic E-state index is 11.1. The van der Waals surface area contributed by atoms with Crippen LogP contribution in [0.4, 0.5) is 4.79 Å². The van der Waals surface area contributed by atoms with Crippen molar-refractivity contribution in [1.29, 1.82) is 0 Å². The van der Waals surface area contributed by atoms with Gasteiger partial charge in [0.15, 0.2) is 6.04 Å². The van der Waals surface area contributed by atoms with Crippen molar-refractivity contribution >= 4 is 12.0 Å². The van der Waals surface area contributed by atoms with E-state index in [1.54, 1.807) is 7.11 Å². The van der Waals surface area contributed by atoms with Gasteiger partial charge in [-0.1, -0.05) is 0 Å². The highest BCUT2D eigenvalue weighted by Gasteiger charge is 2.17. The van der Waals surface area contributed by atoms with Crippen molar-refractivity contribution in [2.45, 2.75) is 18.9 Å². The molecular weight excluding hydrogens is 216 g/mol. The van der Waals surface area contributed by atoms with Crippen molar-refractivity contribution in [3.63, 3.8) is 0 Å². The molecule has 0 saturated carbocycles. The molecule has 0 aromatic heterocycles. The van der Waals surface area contributed by atoms with Crippen LogP contribution in [-0.4, -0.2) is 55.1 Å². The molecule has 7 heteroatoms. The number of nitrogens with one attached hydrogen (secondary N) is 2. The van der Waals surface area contributed by atoms with E-state index in [-0.39, 0.29) is 0 Å². The summed E-state index contributed by atoms with van der Waals surface area (Å²) in [5.74, 6) is -1.27. The Labute approximate surface area is 93.8 Å². The number of carbonyl (C=O) groups is 2. The van der Waals surface area contributed by atoms with E-state index in [1.165, 1.54) is 0 Å². The molecular formula is C9H18N2O5. The first-order valence-corrected chi connectivity index (χ1v) is 4.98. The Kier molecular flexibility index (Phi) is 8.18. The van der Waals surface area contributed by atoms with Crippen LogP contribution in [0.3, 0.4) is 0 Å². The minimum Gasteiger partial charge on any atom is -0.480 e. The number of hydrogen-bond acceptors (Lipinski definition) is 4. The summed E-state index contributed by atoms with van der Waals surface area (Å²) in [5.41, 5.74) is 0. The van der Waals surface area contributed by atoms with Crippen molar-refractivity contribution in [2.75, 3.05) is 26.9 Å². The van der Waals surface area contributed by atoms with Crippen molar-refractivity contribution < 1.29 is 24.5 Å².